The largest absolute Gasteiger partial charge is 0.466 e. The van der Waals surface area contributed by atoms with Gasteiger partial charge in [-0.05, 0) is 37.3 Å². The lowest BCUT2D eigenvalue weighted by Gasteiger charge is -2.34. The second-order valence-corrected chi connectivity index (χ2v) is 6.24. The molecule has 0 radical (unpaired) electrons. The second kappa shape index (κ2) is 7.63. The molecule has 4 heteroatoms. The van der Waals surface area contributed by atoms with Gasteiger partial charge < -0.3 is 14.7 Å². The molecule has 1 aliphatic heterocycles. The van der Waals surface area contributed by atoms with E-state index in [1.165, 1.54) is 5.56 Å². The van der Waals surface area contributed by atoms with Crippen LogP contribution in [0.3, 0.4) is 0 Å². The minimum absolute atomic E-state index is 0.0221. The van der Waals surface area contributed by atoms with E-state index in [-0.39, 0.29) is 18.5 Å². The summed E-state index contributed by atoms with van der Waals surface area (Å²) in [5.74, 6) is 0.276. The zero-order valence-electron chi connectivity index (χ0n) is 13.8. The number of carbonyl (C=O) groups excluding carboxylic acids is 1. The van der Waals surface area contributed by atoms with Gasteiger partial charge in [-0.3, -0.25) is 4.79 Å². The van der Waals surface area contributed by atoms with Gasteiger partial charge >= 0.3 is 5.97 Å². The number of hydrogen-bond acceptors (Lipinski definition) is 4. The highest BCUT2D eigenvalue weighted by Crippen LogP contribution is 2.30. The summed E-state index contributed by atoms with van der Waals surface area (Å²) in [5, 5.41) is 9.62. The molecule has 0 saturated carbocycles. The third-order valence-corrected chi connectivity index (χ3v) is 4.33. The number of rotatable bonds is 5. The molecule has 1 fully saturated rings. The monoisotopic (exact) mass is 305 g/mol. The Morgan fingerprint density at radius 3 is 2.86 bits per heavy atom. The van der Waals surface area contributed by atoms with E-state index in [9.17, 15) is 9.90 Å². The Labute approximate surface area is 133 Å². The van der Waals surface area contributed by atoms with Crippen molar-refractivity contribution in [2.75, 3.05) is 24.6 Å². The van der Waals surface area contributed by atoms with Crippen LogP contribution in [0.15, 0.2) is 18.2 Å². The van der Waals surface area contributed by atoms with E-state index >= 15 is 0 Å². The van der Waals surface area contributed by atoms with Crippen LogP contribution in [0.2, 0.25) is 0 Å². The van der Waals surface area contributed by atoms with Crippen LogP contribution in [0.1, 0.15) is 50.7 Å². The van der Waals surface area contributed by atoms with E-state index in [1.807, 2.05) is 13.0 Å². The molecule has 122 valence electrons. The van der Waals surface area contributed by atoms with Crippen molar-refractivity contribution in [3.8, 4) is 0 Å². The molecule has 1 aromatic carbocycles. The lowest BCUT2D eigenvalue weighted by molar-refractivity contribution is -0.148. The first-order valence-corrected chi connectivity index (χ1v) is 8.22. The summed E-state index contributed by atoms with van der Waals surface area (Å²) in [5.41, 5.74) is 3.24. The van der Waals surface area contributed by atoms with Crippen molar-refractivity contribution < 1.29 is 14.6 Å². The molecule has 2 rings (SSSR count). The van der Waals surface area contributed by atoms with Crippen LogP contribution in [-0.4, -0.2) is 30.8 Å². The summed E-state index contributed by atoms with van der Waals surface area (Å²) in [6.45, 7) is 8.21. The van der Waals surface area contributed by atoms with Gasteiger partial charge in [-0.15, -0.1) is 0 Å². The number of aliphatic hydroxyl groups is 1. The van der Waals surface area contributed by atoms with Crippen molar-refractivity contribution in [3.63, 3.8) is 0 Å². The number of benzene rings is 1. The number of ether oxygens (including phenoxy) is 1. The molecular formula is C18H27NO3. The number of hydrogen-bond donors (Lipinski definition) is 1. The Bertz CT molecular complexity index is 513. The highest BCUT2D eigenvalue weighted by atomic mass is 16.5. The summed E-state index contributed by atoms with van der Waals surface area (Å²) < 4.78 is 5.17. The maximum Gasteiger partial charge on any atom is 0.310 e. The molecule has 0 spiro atoms. The standard InChI is InChI=1S/C18H27NO3/c1-4-22-18(21)15-6-5-9-19(11-15)17-10-14(13(2)3)7-8-16(17)12-20/h7-8,10,13,15,20H,4-6,9,11-12H2,1-3H3/t15-/m1/s1. The fourth-order valence-corrected chi connectivity index (χ4v) is 3.02. The van der Waals surface area contributed by atoms with E-state index in [2.05, 4.69) is 30.9 Å². The van der Waals surface area contributed by atoms with Crippen LogP contribution < -0.4 is 4.90 Å². The summed E-state index contributed by atoms with van der Waals surface area (Å²) in [7, 11) is 0. The summed E-state index contributed by atoms with van der Waals surface area (Å²) in [4.78, 5) is 14.2. The normalized spacial score (nSPS) is 18.6. The molecule has 1 aromatic rings. The van der Waals surface area contributed by atoms with Gasteiger partial charge in [0.1, 0.15) is 0 Å². The molecule has 1 atom stereocenters. The minimum Gasteiger partial charge on any atom is -0.466 e. The molecule has 1 saturated heterocycles. The first-order chi connectivity index (χ1) is 10.6. The molecule has 0 amide bonds. The molecule has 1 aliphatic rings. The van der Waals surface area contributed by atoms with Crippen LogP contribution in [0, 0.1) is 5.92 Å². The fraction of sp³-hybridized carbons (Fsp3) is 0.611. The predicted molar refractivity (Wildman–Crippen MR) is 88.0 cm³/mol. The first-order valence-electron chi connectivity index (χ1n) is 8.22. The van der Waals surface area contributed by atoms with E-state index in [0.717, 1.165) is 30.6 Å². The van der Waals surface area contributed by atoms with Gasteiger partial charge in [0.2, 0.25) is 0 Å². The van der Waals surface area contributed by atoms with Gasteiger partial charge in [0.15, 0.2) is 0 Å². The zero-order valence-corrected chi connectivity index (χ0v) is 13.8. The molecular weight excluding hydrogens is 278 g/mol. The maximum atomic E-state index is 12.0. The third-order valence-electron chi connectivity index (χ3n) is 4.33. The number of esters is 1. The van der Waals surface area contributed by atoms with Crippen molar-refractivity contribution in [1.82, 2.24) is 0 Å². The summed E-state index contributed by atoms with van der Waals surface area (Å²) in [6.07, 6.45) is 1.86. The van der Waals surface area contributed by atoms with Crippen molar-refractivity contribution >= 4 is 11.7 Å². The van der Waals surface area contributed by atoms with Gasteiger partial charge in [0.25, 0.3) is 0 Å². The molecule has 1 heterocycles. The molecule has 22 heavy (non-hydrogen) atoms. The molecule has 4 nitrogen and oxygen atoms in total. The van der Waals surface area contributed by atoms with E-state index in [4.69, 9.17) is 4.74 Å². The SMILES string of the molecule is CCOC(=O)[C@@H]1CCCN(c2cc(C(C)C)ccc2CO)C1. The van der Waals surface area contributed by atoms with Crippen LogP contribution in [0.5, 0.6) is 0 Å². The smallest absolute Gasteiger partial charge is 0.310 e. The number of anilines is 1. The number of nitrogens with zero attached hydrogens (tertiary/aromatic N) is 1. The van der Waals surface area contributed by atoms with Crippen LogP contribution >= 0.6 is 0 Å². The van der Waals surface area contributed by atoms with Gasteiger partial charge in [-0.2, -0.15) is 0 Å². The summed E-state index contributed by atoms with van der Waals surface area (Å²) >= 11 is 0. The molecule has 0 aromatic heterocycles. The predicted octanol–water partition coefficient (Wildman–Crippen LogP) is 3.08. The Hall–Kier alpha value is -1.55. The summed E-state index contributed by atoms with van der Waals surface area (Å²) in [6, 6.07) is 6.23. The molecule has 0 bridgehead atoms. The number of piperidine rings is 1. The third kappa shape index (κ3) is 3.80. The average Bonchev–Trinajstić information content (AvgIpc) is 2.54. The lowest BCUT2D eigenvalue weighted by atomic mass is 9.95. The Kier molecular flexibility index (Phi) is 5.83. The van der Waals surface area contributed by atoms with Crippen LogP contribution in [0.4, 0.5) is 5.69 Å². The Morgan fingerprint density at radius 2 is 2.23 bits per heavy atom. The van der Waals surface area contributed by atoms with Gasteiger partial charge in [-0.1, -0.05) is 26.0 Å². The molecule has 0 aliphatic carbocycles. The quantitative estimate of drug-likeness (QED) is 0.849. The van der Waals surface area contributed by atoms with Crippen molar-refractivity contribution in [2.45, 2.75) is 46.1 Å². The van der Waals surface area contributed by atoms with E-state index in [0.29, 0.717) is 19.1 Å². The second-order valence-electron chi connectivity index (χ2n) is 6.24. The highest BCUT2D eigenvalue weighted by molar-refractivity contribution is 5.74. The molecule has 0 unspecified atom stereocenters. The fourth-order valence-electron chi connectivity index (χ4n) is 3.02. The number of aliphatic hydroxyl groups excluding tert-OH is 1. The van der Waals surface area contributed by atoms with Crippen LogP contribution in [0.25, 0.3) is 0 Å². The molecule has 1 N–H and O–H groups in total. The zero-order chi connectivity index (χ0) is 16.1. The van der Waals surface area contributed by atoms with E-state index < -0.39 is 0 Å². The Balaban J connectivity index is 2.22. The minimum atomic E-state index is -0.0993. The van der Waals surface area contributed by atoms with Crippen molar-refractivity contribution in [2.24, 2.45) is 5.92 Å². The van der Waals surface area contributed by atoms with Gasteiger partial charge in [0.05, 0.1) is 19.1 Å². The Morgan fingerprint density at radius 1 is 1.45 bits per heavy atom. The highest BCUT2D eigenvalue weighted by Gasteiger charge is 2.28. The van der Waals surface area contributed by atoms with E-state index in [1.54, 1.807) is 0 Å². The van der Waals surface area contributed by atoms with Crippen molar-refractivity contribution in [1.29, 1.82) is 0 Å². The van der Waals surface area contributed by atoms with Crippen LogP contribution in [-0.2, 0) is 16.1 Å². The van der Waals surface area contributed by atoms with Crippen molar-refractivity contribution in [3.05, 3.63) is 29.3 Å². The maximum absolute atomic E-state index is 12.0. The van der Waals surface area contributed by atoms with Gasteiger partial charge in [-0.25, -0.2) is 0 Å². The average molecular weight is 305 g/mol. The first kappa shape index (κ1) is 16.8. The lowest BCUT2D eigenvalue weighted by Crippen LogP contribution is -2.40. The number of carbonyl (C=O) groups is 1. The topological polar surface area (TPSA) is 49.8 Å². The van der Waals surface area contributed by atoms with Gasteiger partial charge in [0, 0.05) is 24.3 Å².